The molecule has 0 aromatic heterocycles. The second kappa shape index (κ2) is 10.6. The van der Waals surface area contributed by atoms with E-state index in [0.29, 0.717) is 30.0 Å². The van der Waals surface area contributed by atoms with Crippen molar-refractivity contribution in [3.63, 3.8) is 0 Å². The summed E-state index contributed by atoms with van der Waals surface area (Å²) in [5, 5.41) is 2.76. The number of sulfonamides is 1. The number of anilines is 2. The maximum atomic E-state index is 12.3. The minimum atomic E-state index is -3.34. The van der Waals surface area contributed by atoms with Gasteiger partial charge >= 0.3 is 0 Å². The van der Waals surface area contributed by atoms with Crippen LogP contribution < -0.4 is 14.8 Å². The van der Waals surface area contributed by atoms with Crippen LogP contribution >= 0.6 is 0 Å². The number of amides is 1. The lowest BCUT2D eigenvalue weighted by Crippen LogP contribution is -2.20. The molecule has 0 aliphatic rings. The lowest BCUT2D eigenvalue weighted by Gasteiger charge is -2.12. The number of benzene rings is 3. The van der Waals surface area contributed by atoms with E-state index < -0.39 is 10.0 Å². The van der Waals surface area contributed by atoms with Crippen molar-refractivity contribution < 1.29 is 17.9 Å². The summed E-state index contributed by atoms with van der Waals surface area (Å²) < 4.78 is 31.9. The average molecular weight is 439 g/mol. The van der Waals surface area contributed by atoms with Crippen LogP contribution in [0.5, 0.6) is 5.75 Å². The SMILES string of the molecule is CCCS(=O)(=O)Nc1ccc(NC(=O)COc2ccccc2Cc2ccccc2)cc1. The van der Waals surface area contributed by atoms with Gasteiger partial charge in [0.15, 0.2) is 6.61 Å². The van der Waals surface area contributed by atoms with Crippen LogP contribution in [0.25, 0.3) is 0 Å². The molecule has 3 aromatic rings. The number of nitrogens with one attached hydrogen (secondary N) is 2. The lowest BCUT2D eigenvalue weighted by molar-refractivity contribution is -0.118. The van der Waals surface area contributed by atoms with Gasteiger partial charge in [0.2, 0.25) is 10.0 Å². The minimum absolute atomic E-state index is 0.0641. The second-order valence-corrected chi connectivity index (χ2v) is 8.95. The molecule has 1 amide bonds. The van der Waals surface area contributed by atoms with Gasteiger partial charge in [0.05, 0.1) is 5.75 Å². The number of ether oxygens (including phenoxy) is 1. The van der Waals surface area contributed by atoms with Crippen molar-refractivity contribution >= 4 is 27.3 Å². The van der Waals surface area contributed by atoms with Crippen LogP contribution in [-0.4, -0.2) is 26.7 Å². The summed E-state index contributed by atoms with van der Waals surface area (Å²) in [6.45, 7) is 1.68. The molecule has 2 N–H and O–H groups in total. The molecule has 0 radical (unpaired) electrons. The number of hydrogen-bond donors (Lipinski definition) is 2. The highest BCUT2D eigenvalue weighted by Crippen LogP contribution is 2.21. The predicted molar refractivity (Wildman–Crippen MR) is 124 cm³/mol. The molecule has 0 spiro atoms. The van der Waals surface area contributed by atoms with Gasteiger partial charge in [-0.15, -0.1) is 0 Å². The van der Waals surface area contributed by atoms with E-state index in [1.165, 1.54) is 0 Å². The molecular formula is C24H26N2O4S. The fourth-order valence-electron chi connectivity index (χ4n) is 3.07. The zero-order valence-corrected chi connectivity index (χ0v) is 18.2. The highest BCUT2D eigenvalue weighted by atomic mass is 32.2. The summed E-state index contributed by atoms with van der Waals surface area (Å²) in [6.07, 6.45) is 1.26. The summed E-state index contributed by atoms with van der Waals surface area (Å²) in [5.41, 5.74) is 3.19. The van der Waals surface area contributed by atoms with Gasteiger partial charge in [-0.05, 0) is 47.9 Å². The molecule has 0 saturated heterocycles. The molecule has 0 saturated carbocycles. The van der Waals surface area contributed by atoms with E-state index in [1.54, 1.807) is 31.2 Å². The molecule has 0 bridgehead atoms. The van der Waals surface area contributed by atoms with Gasteiger partial charge in [-0.2, -0.15) is 0 Å². The number of carbonyl (C=O) groups excluding carboxylic acids is 1. The van der Waals surface area contributed by atoms with Gasteiger partial charge in [0.25, 0.3) is 5.91 Å². The van der Waals surface area contributed by atoms with E-state index in [-0.39, 0.29) is 18.3 Å². The number of rotatable bonds is 10. The Bertz CT molecular complexity index is 1100. The third kappa shape index (κ3) is 7.15. The molecule has 0 unspecified atom stereocenters. The van der Waals surface area contributed by atoms with Crippen LogP contribution in [0.2, 0.25) is 0 Å². The van der Waals surface area contributed by atoms with E-state index in [9.17, 15) is 13.2 Å². The van der Waals surface area contributed by atoms with Crippen LogP contribution in [0.1, 0.15) is 24.5 Å². The molecule has 0 heterocycles. The summed E-state index contributed by atoms with van der Waals surface area (Å²) in [6, 6.07) is 24.2. The monoisotopic (exact) mass is 438 g/mol. The van der Waals surface area contributed by atoms with Gasteiger partial charge < -0.3 is 10.1 Å². The number of para-hydroxylation sites is 1. The quantitative estimate of drug-likeness (QED) is 0.490. The molecule has 7 heteroatoms. The molecule has 0 atom stereocenters. The molecule has 0 fully saturated rings. The smallest absolute Gasteiger partial charge is 0.262 e. The zero-order valence-electron chi connectivity index (χ0n) is 17.4. The topological polar surface area (TPSA) is 84.5 Å². The Morgan fingerprint density at radius 1 is 0.871 bits per heavy atom. The normalized spacial score (nSPS) is 11.0. The standard InChI is InChI=1S/C24H26N2O4S/c1-2-16-31(28,29)26-22-14-12-21(13-15-22)25-24(27)18-30-23-11-7-6-10-20(23)17-19-8-4-3-5-9-19/h3-15,26H,2,16-18H2,1H3,(H,25,27). The van der Waals surface area contributed by atoms with Gasteiger partial charge in [0, 0.05) is 17.8 Å². The minimum Gasteiger partial charge on any atom is -0.483 e. The van der Waals surface area contributed by atoms with Crippen LogP contribution in [0.15, 0.2) is 78.9 Å². The van der Waals surface area contributed by atoms with Crippen molar-refractivity contribution in [2.45, 2.75) is 19.8 Å². The summed E-state index contributed by atoms with van der Waals surface area (Å²) >= 11 is 0. The molecule has 31 heavy (non-hydrogen) atoms. The van der Waals surface area contributed by atoms with Crippen molar-refractivity contribution in [1.82, 2.24) is 0 Å². The largest absolute Gasteiger partial charge is 0.483 e. The Kier molecular flexibility index (Phi) is 7.67. The summed E-state index contributed by atoms with van der Waals surface area (Å²) in [4.78, 5) is 12.3. The van der Waals surface area contributed by atoms with Crippen molar-refractivity contribution in [3.05, 3.63) is 90.0 Å². The predicted octanol–water partition coefficient (Wildman–Crippen LogP) is 4.45. The Morgan fingerprint density at radius 2 is 1.52 bits per heavy atom. The second-order valence-electron chi connectivity index (χ2n) is 7.11. The Labute approximate surface area is 183 Å². The molecule has 3 aromatic carbocycles. The van der Waals surface area contributed by atoms with E-state index in [1.807, 2.05) is 42.5 Å². The summed E-state index contributed by atoms with van der Waals surface area (Å²) in [7, 11) is -3.34. The van der Waals surface area contributed by atoms with Crippen LogP contribution in [0, 0.1) is 0 Å². The van der Waals surface area contributed by atoms with E-state index in [0.717, 1.165) is 11.1 Å². The molecular weight excluding hydrogens is 412 g/mol. The van der Waals surface area contributed by atoms with E-state index >= 15 is 0 Å². The van der Waals surface area contributed by atoms with Gasteiger partial charge in [0.1, 0.15) is 5.75 Å². The maximum Gasteiger partial charge on any atom is 0.262 e. The maximum absolute atomic E-state index is 12.3. The molecule has 6 nitrogen and oxygen atoms in total. The summed E-state index contributed by atoms with van der Waals surface area (Å²) in [5.74, 6) is 0.435. The van der Waals surface area contributed by atoms with Crippen LogP contribution in [0.4, 0.5) is 11.4 Å². The molecule has 0 aliphatic heterocycles. The first-order chi connectivity index (χ1) is 14.9. The van der Waals surface area contributed by atoms with Crippen LogP contribution in [0.3, 0.4) is 0 Å². The highest BCUT2D eigenvalue weighted by Gasteiger charge is 2.10. The molecule has 0 aliphatic carbocycles. The van der Waals surface area contributed by atoms with E-state index in [2.05, 4.69) is 22.2 Å². The Hall–Kier alpha value is -3.32. The Balaban J connectivity index is 1.55. The third-order valence-corrected chi connectivity index (χ3v) is 5.98. The first-order valence-electron chi connectivity index (χ1n) is 10.1. The van der Waals surface area contributed by atoms with Gasteiger partial charge in [-0.3, -0.25) is 9.52 Å². The van der Waals surface area contributed by atoms with Gasteiger partial charge in [-0.1, -0.05) is 55.5 Å². The van der Waals surface area contributed by atoms with E-state index in [4.69, 9.17) is 4.74 Å². The fraction of sp³-hybridized carbons (Fsp3) is 0.208. The molecule has 162 valence electrons. The number of hydrogen-bond acceptors (Lipinski definition) is 4. The lowest BCUT2D eigenvalue weighted by atomic mass is 10.0. The zero-order chi connectivity index (χ0) is 22.1. The van der Waals surface area contributed by atoms with Crippen molar-refractivity contribution in [2.24, 2.45) is 0 Å². The van der Waals surface area contributed by atoms with Crippen molar-refractivity contribution in [3.8, 4) is 5.75 Å². The molecule has 3 rings (SSSR count). The highest BCUT2D eigenvalue weighted by molar-refractivity contribution is 7.92. The average Bonchev–Trinajstić information content (AvgIpc) is 2.75. The first-order valence-corrected chi connectivity index (χ1v) is 11.8. The Morgan fingerprint density at radius 3 is 2.23 bits per heavy atom. The number of carbonyl (C=O) groups is 1. The van der Waals surface area contributed by atoms with Gasteiger partial charge in [-0.25, -0.2) is 8.42 Å². The fourth-order valence-corrected chi connectivity index (χ4v) is 4.20. The van der Waals surface area contributed by atoms with Crippen molar-refractivity contribution in [1.29, 1.82) is 0 Å². The van der Waals surface area contributed by atoms with Crippen molar-refractivity contribution in [2.75, 3.05) is 22.4 Å². The van der Waals surface area contributed by atoms with Crippen LogP contribution in [-0.2, 0) is 21.2 Å². The first kappa shape index (κ1) is 22.4. The third-order valence-electron chi connectivity index (χ3n) is 4.48.